The summed E-state index contributed by atoms with van der Waals surface area (Å²) in [6.45, 7) is 1.96. The predicted octanol–water partition coefficient (Wildman–Crippen LogP) is 3.89. The molecule has 1 aliphatic carbocycles. The van der Waals surface area contributed by atoms with E-state index in [0.717, 1.165) is 11.6 Å². The molecule has 1 saturated heterocycles. The van der Waals surface area contributed by atoms with Gasteiger partial charge in [-0.1, -0.05) is 35.9 Å². The molecule has 136 valence electrons. The van der Waals surface area contributed by atoms with E-state index in [1.807, 2.05) is 23.1 Å². The van der Waals surface area contributed by atoms with Crippen molar-refractivity contribution < 1.29 is 13.6 Å². The first kappa shape index (κ1) is 17.4. The first-order chi connectivity index (χ1) is 12.6. The molecular formula is C20H19ClF2N2O. The van der Waals surface area contributed by atoms with Gasteiger partial charge in [-0.25, -0.2) is 8.78 Å². The second-order valence-corrected chi connectivity index (χ2v) is 7.33. The zero-order chi connectivity index (χ0) is 18.3. The van der Waals surface area contributed by atoms with Crippen LogP contribution in [0.2, 0.25) is 5.02 Å². The van der Waals surface area contributed by atoms with E-state index < -0.39 is 11.6 Å². The molecule has 0 bridgehead atoms. The Morgan fingerprint density at radius 3 is 2.81 bits per heavy atom. The third-order valence-electron chi connectivity index (χ3n) is 5.25. The van der Waals surface area contributed by atoms with E-state index in [2.05, 4.69) is 5.32 Å². The predicted molar refractivity (Wildman–Crippen MR) is 96.0 cm³/mol. The first-order valence-corrected chi connectivity index (χ1v) is 9.14. The number of rotatable bonds is 3. The van der Waals surface area contributed by atoms with E-state index in [-0.39, 0.29) is 23.8 Å². The Hall–Kier alpha value is -1.98. The summed E-state index contributed by atoms with van der Waals surface area (Å²) in [6, 6.07) is 11.6. The monoisotopic (exact) mass is 376 g/mol. The molecule has 2 fully saturated rings. The van der Waals surface area contributed by atoms with Crippen LogP contribution in [0, 0.1) is 17.6 Å². The van der Waals surface area contributed by atoms with Gasteiger partial charge >= 0.3 is 0 Å². The molecule has 0 aromatic heterocycles. The number of halogens is 3. The van der Waals surface area contributed by atoms with Crippen molar-refractivity contribution in [1.29, 1.82) is 0 Å². The molecule has 2 aliphatic rings. The Labute approximate surface area is 156 Å². The molecule has 1 saturated carbocycles. The molecule has 1 amide bonds. The van der Waals surface area contributed by atoms with Gasteiger partial charge in [0.05, 0.1) is 6.04 Å². The van der Waals surface area contributed by atoms with Gasteiger partial charge in [0.1, 0.15) is 0 Å². The third-order valence-corrected chi connectivity index (χ3v) is 5.48. The maximum Gasteiger partial charge on any atom is 0.226 e. The van der Waals surface area contributed by atoms with Crippen molar-refractivity contribution in [3.8, 4) is 0 Å². The van der Waals surface area contributed by atoms with Gasteiger partial charge in [0.15, 0.2) is 11.6 Å². The first-order valence-electron chi connectivity index (χ1n) is 8.77. The van der Waals surface area contributed by atoms with Crippen LogP contribution in [0.3, 0.4) is 0 Å². The van der Waals surface area contributed by atoms with Crippen LogP contribution in [0.5, 0.6) is 0 Å². The summed E-state index contributed by atoms with van der Waals surface area (Å²) in [5.74, 6) is -2.22. The van der Waals surface area contributed by atoms with Gasteiger partial charge in [-0.05, 0) is 41.7 Å². The van der Waals surface area contributed by atoms with Gasteiger partial charge in [-0.15, -0.1) is 0 Å². The van der Waals surface area contributed by atoms with Crippen LogP contribution in [0.25, 0.3) is 0 Å². The lowest BCUT2D eigenvalue weighted by Gasteiger charge is -2.37. The standard InChI is InChI=1S/C20H19ClF2N2O/c21-13-4-1-3-12(9-13)18-11-24-7-8-25(18)20(26)16-10-15(16)14-5-2-6-17(22)19(14)23/h1-6,9,15-16,18,24H,7-8,10-11H2. The highest BCUT2D eigenvalue weighted by Gasteiger charge is 2.48. The normalized spacial score (nSPS) is 25.2. The number of hydrogen-bond donors (Lipinski definition) is 1. The van der Waals surface area contributed by atoms with E-state index in [1.165, 1.54) is 6.07 Å². The van der Waals surface area contributed by atoms with E-state index in [1.54, 1.807) is 12.1 Å². The number of carbonyl (C=O) groups is 1. The van der Waals surface area contributed by atoms with E-state index in [9.17, 15) is 13.6 Å². The smallest absolute Gasteiger partial charge is 0.226 e. The van der Waals surface area contributed by atoms with Gasteiger partial charge in [0.25, 0.3) is 0 Å². The molecule has 0 radical (unpaired) electrons. The number of nitrogens with one attached hydrogen (secondary N) is 1. The number of piperazine rings is 1. The molecule has 1 N–H and O–H groups in total. The van der Waals surface area contributed by atoms with Gasteiger partial charge in [0, 0.05) is 30.6 Å². The molecule has 3 unspecified atom stereocenters. The van der Waals surface area contributed by atoms with Crippen LogP contribution in [0.4, 0.5) is 8.78 Å². The zero-order valence-corrected chi connectivity index (χ0v) is 14.8. The van der Waals surface area contributed by atoms with Crippen molar-refractivity contribution >= 4 is 17.5 Å². The van der Waals surface area contributed by atoms with Crippen molar-refractivity contribution in [3.05, 3.63) is 70.2 Å². The summed E-state index contributed by atoms with van der Waals surface area (Å²) in [7, 11) is 0. The van der Waals surface area contributed by atoms with Crippen LogP contribution in [-0.4, -0.2) is 30.4 Å². The lowest BCUT2D eigenvalue weighted by atomic mass is 10.0. The second kappa shape index (κ2) is 6.97. The molecule has 1 aliphatic heterocycles. The fraction of sp³-hybridized carbons (Fsp3) is 0.350. The van der Waals surface area contributed by atoms with Crippen molar-refractivity contribution in [2.24, 2.45) is 5.92 Å². The van der Waals surface area contributed by atoms with Gasteiger partial charge in [-0.3, -0.25) is 4.79 Å². The number of hydrogen-bond acceptors (Lipinski definition) is 2. The Morgan fingerprint density at radius 2 is 2.00 bits per heavy atom. The summed E-state index contributed by atoms with van der Waals surface area (Å²) in [6.07, 6.45) is 0.561. The molecule has 3 atom stereocenters. The summed E-state index contributed by atoms with van der Waals surface area (Å²) >= 11 is 6.10. The summed E-state index contributed by atoms with van der Waals surface area (Å²) in [5, 5.41) is 3.94. The Morgan fingerprint density at radius 1 is 1.19 bits per heavy atom. The minimum atomic E-state index is -0.862. The molecule has 3 nitrogen and oxygen atoms in total. The summed E-state index contributed by atoms with van der Waals surface area (Å²) in [5.41, 5.74) is 1.28. The topological polar surface area (TPSA) is 32.3 Å². The molecular weight excluding hydrogens is 358 g/mol. The van der Waals surface area contributed by atoms with Crippen LogP contribution >= 0.6 is 11.6 Å². The summed E-state index contributed by atoms with van der Waals surface area (Å²) in [4.78, 5) is 14.9. The van der Waals surface area contributed by atoms with Gasteiger partial charge < -0.3 is 10.2 Å². The minimum absolute atomic E-state index is 0.00476. The van der Waals surface area contributed by atoms with E-state index in [4.69, 9.17) is 11.6 Å². The number of nitrogens with zero attached hydrogens (tertiary/aromatic N) is 1. The Balaban J connectivity index is 1.54. The lowest BCUT2D eigenvalue weighted by Crippen LogP contribution is -2.49. The third kappa shape index (κ3) is 3.21. The molecule has 26 heavy (non-hydrogen) atoms. The van der Waals surface area contributed by atoms with Crippen LogP contribution in [0.15, 0.2) is 42.5 Å². The summed E-state index contributed by atoms with van der Waals surface area (Å²) < 4.78 is 27.5. The Kier molecular flexibility index (Phi) is 4.67. The highest BCUT2D eigenvalue weighted by molar-refractivity contribution is 6.30. The van der Waals surface area contributed by atoms with Gasteiger partial charge in [0.2, 0.25) is 5.91 Å². The van der Waals surface area contributed by atoms with Crippen LogP contribution in [0.1, 0.15) is 29.5 Å². The SMILES string of the molecule is O=C(C1CC1c1cccc(F)c1F)N1CCNCC1c1cccc(Cl)c1. The Bertz CT molecular complexity index is 844. The quantitative estimate of drug-likeness (QED) is 0.881. The molecule has 1 heterocycles. The van der Waals surface area contributed by atoms with Crippen molar-refractivity contribution in [2.45, 2.75) is 18.4 Å². The average Bonchev–Trinajstić information content (AvgIpc) is 3.44. The highest BCUT2D eigenvalue weighted by Crippen LogP contribution is 2.50. The number of benzene rings is 2. The minimum Gasteiger partial charge on any atom is -0.333 e. The lowest BCUT2D eigenvalue weighted by molar-refractivity contribution is -0.136. The molecule has 2 aromatic carbocycles. The number of amides is 1. The van der Waals surface area contributed by atoms with Crippen molar-refractivity contribution in [3.63, 3.8) is 0 Å². The van der Waals surface area contributed by atoms with E-state index >= 15 is 0 Å². The fourth-order valence-corrected chi connectivity index (χ4v) is 4.01. The molecule has 6 heteroatoms. The van der Waals surface area contributed by atoms with E-state index in [0.29, 0.717) is 36.6 Å². The fourth-order valence-electron chi connectivity index (χ4n) is 3.81. The van der Waals surface area contributed by atoms with Gasteiger partial charge in [-0.2, -0.15) is 0 Å². The maximum atomic E-state index is 14.0. The molecule has 2 aromatic rings. The maximum absolute atomic E-state index is 14.0. The molecule has 0 spiro atoms. The average molecular weight is 377 g/mol. The van der Waals surface area contributed by atoms with Crippen LogP contribution < -0.4 is 5.32 Å². The number of carbonyl (C=O) groups excluding carboxylic acids is 1. The zero-order valence-electron chi connectivity index (χ0n) is 14.1. The van der Waals surface area contributed by atoms with Crippen molar-refractivity contribution in [2.75, 3.05) is 19.6 Å². The second-order valence-electron chi connectivity index (χ2n) is 6.90. The van der Waals surface area contributed by atoms with Crippen LogP contribution in [-0.2, 0) is 4.79 Å². The highest BCUT2D eigenvalue weighted by atomic mass is 35.5. The van der Waals surface area contributed by atoms with Crippen molar-refractivity contribution in [1.82, 2.24) is 10.2 Å². The largest absolute Gasteiger partial charge is 0.333 e. The molecule has 4 rings (SSSR count).